The first kappa shape index (κ1) is 31.3. The largest absolute Gasteiger partial charge is 0.514 e. The van der Waals surface area contributed by atoms with Crippen molar-refractivity contribution >= 4 is 36.3 Å². The Morgan fingerprint density at radius 1 is 1.07 bits per heavy atom. The van der Waals surface area contributed by atoms with E-state index in [1.165, 1.54) is 6.92 Å². The second-order valence-electron chi connectivity index (χ2n) is 12.7. The zero-order valence-corrected chi connectivity index (χ0v) is 26.0. The number of hydrogen-bond acceptors (Lipinski definition) is 7. The van der Waals surface area contributed by atoms with E-state index >= 15 is 0 Å². The van der Waals surface area contributed by atoms with Gasteiger partial charge in [0.2, 0.25) is 5.91 Å². The lowest BCUT2D eigenvalue weighted by molar-refractivity contribution is -0.140. The van der Waals surface area contributed by atoms with Gasteiger partial charge in [0, 0.05) is 20.0 Å². The van der Waals surface area contributed by atoms with E-state index in [2.05, 4.69) is 4.98 Å². The summed E-state index contributed by atoms with van der Waals surface area (Å²) < 4.78 is 24.2. The van der Waals surface area contributed by atoms with Crippen LogP contribution in [0.25, 0.3) is 0 Å². The van der Waals surface area contributed by atoms with Crippen LogP contribution in [0.2, 0.25) is 5.15 Å². The van der Waals surface area contributed by atoms with Crippen molar-refractivity contribution in [1.29, 1.82) is 0 Å². The first-order valence-electron chi connectivity index (χ1n) is 14.0. The number of halogens is 1. The van der Waals surface area contributed by atoms with Crippen LogP contribution >= 0.6 is 11.6 Å². The average Bonchev–Trinajstić information content (AvgIpc) is 3.09. The van der Waals surface area contributed by atoms with Gasteiger partial charge in [-0.05, 0) is 71.7 Å². The number of aromatic nitrogens is 1. The molecular weight excluding hydrogens is 545 g/mol. The molecular formula is C30H41BClN3O6. The number of nitrogens with zero attached hydrogens (tertiary/aromatic N) is 3. The highest BCUT2D eigenvalue weighted by molar-refractivity contribution is 6.61. The lowest BCUT2D eigenvalue weighted by Gasteiger charge is -2.46. The van der Waals surface area contributed by atoms with Crippen molar-refractivity contribution in [2.24, 2.45) is 0 Å². The zero-order valence-electron chi connectivity index (χ0n) is 25.3. The molecule has 2 aliphatic heterocycles. The van der Waals surface area contributed by atoms with Gasteiger partial charge in [-0.15, -0.1) is 0 Å². The molecule has 2 aliphatic rings. The van der Waals surface area contributed by atoms with Gasteiger partial charge in [-0.1, -0.05) is 41.9 Å². The molecule has 2 aromatic rings. The number of benzene rings is 1. The summed E-state index contributed by atoms with van der Waals surface area (Å²) in [5.74, 6) is -0.141. The molecule has 0 spiro atoms. The Morgan fingerprint density at radius 3 is 2.29 bits per heavy atom. The number of pyridine rings is 1. The third-order valence-electron chi connectivity index (χ3n) is 7.71. The van der Waals surface area contributed by atoms with Crippen LogP contribution < -0.4 is 5.59 Å². The third kappa shape index (κ3) is 7.41. The van der Waals surface area contributed by atoms with Gasteiger partial charge in [-0.3, -0.25) is 4.79 Å². The highest BCUT2D eigenvalue weighted by Gasteiger charge is 2.52. The van der Waals surface area contributed by atoms with Gasteiger partial charge in [0.05, 0.1) is 42.1 Å². The van der Waals surface area contributed by atoms with Crippen molar-refractivity contribution in [2.45, 2.75) is 90.9 Å². The fraction of sp³-hybridized carbons (Fsp3) is 0.567. The Hall–Kier alpha value is -2.66. The van der Waals surface area contributed by atoms with Crippen LogP contribution in [0.15, 0.2) is 42.5 Å². The van der Waals surface area contributed by atoms with Gasteiger partial charge in [0.15, 0.2) is 0 Å². The van der Waals surface area contributed by atoms with Crippen LogP contribution in [-0.2, 0) is 30.2 Å². The second-order valence-corrected chi connectivity index (χ2v) is 13.1. The van der Waals surface area contributed by atoms with E-state index in [-0.39, 0.29) is 30.8 Å². The maximum absolute atomic E-state index is 13.3. The Balaban J connectivity index is 1.66. The van der Waals surface area contributed by atoms with E-state index in [0.29, 0.717) is 17.8 Å². The molecule has 2 fully saturated rings. The van der Waals surface area contributed by atoms with E-state index in [0.717, 1.165) is 5.56 Å². The lowest BCUT2D eigenvalue weighted by Crippen LogP contribution is -2.59. The van der Waals surface area contributed by atoms with Gasteiger partial charge in [0.1, 0.15) is 10.8 Å². The maximum atomic E-state index is 13.3. The Bertz CT molecular complexity index is 1240. The average molecular weight is 586 g/mol. The van der Waals surface area contributed by atoms with Crippen LogP contribution in [-0.4, -0.2) is 76.4 Å². The van der Waals surface area contributed by atoms with E-state index in [1.807, 2.05) is 84.9 Å². The number of piperazine rings is 1. The molecule has 0 bridgehead atoms. The van der Waals surface area contributed by atoms with Crippen LogP contribution in [0.5, 0.6) is 0 Å². The molecule has 2 amide bonds. The summed E-state index contributed by atoms with van der Waals surface area (Å²) in [6, 6.07) is 12.4. The van der Waals surface area contributed by atoms with Crippen LogP contribution in [0.4, 0.5) is 4.79 Å². The Morgan fingerprint density at radius 2 is 1.71 bits per heavy atom. The normalized spacial score (nSPS) is 22.1. The van der Waals surface area contributed by atoms with Crippen molar-refractivity contribution in [3.05, 3.63) is 58.7 Å². The van der Waals surface area contributed by atoms with Crippen molar-refractivity contribution in [3.63, 3.8) is 0 Å². The smallest absolute Gasteiger partial charge is 0.444 e. The number of rotatable bonds is 6. The number of amides is 2. The Labute approximate surface area is 248 Å². The molecule has 1 aromatic carbocycles. The summed E-state index contributed by atoms with van der Waals surface area (Å²) in [5.41, 5.74) is 0.436. The molecule has 9 nitrogen and oxygen atoms in total. The molecule has 2 atom stereocenters. The van der Waals surface area contributed by atoms with Gasteiger partial charge >= 0.3 is 13.2 Å². The molecule has 4 rings (SSSR count). The molecule has 3 heterocycles. The van der Waals surface area contributed by atoms with Crippen molar-refractivity contribution in [1.82, 2.24) is 14.8 Å². The third-order valence-corrected chi connectivity index (χ3v) is 7.90. The molecule has 2 saturated heterocycles. The first-order valence-corrected chi connectivity index (χ1v) is 14.4. The monoisotopic (exact) mass is 585 g/mol. The maximum Gasteiger partial charge on any atom is 0.514 e. The quantitative estimate of drug-likeness (QED) is 0.357. The van der Waals surface area contributed by atoms with Gasteiger partial charge in [-0.25, -0.2) is 9.78 Å². The number of hydrogen-bond donors (Lipinski definition) is 0. The number of carbonyl (C=O) groups is 2. The standard InChI is InChI=1S/C30H41BClN3O6/c1-20(36)35-23(19-38-18-21-12-10-9-11-13-21)16-34(27(37)39-28(2,3)4)17-24(35)22-14-25(33-26(32)15-22)31-40-29(5,6)30(7,8)41-31/h9-15,23-24H,16-19H2,1-8H3/t23-,24-/m0/s1. The summed E-state index contributed by atoms with van der Waals surface area (Å²) in [5, 5.41) is 0.238. The van der Waals surface area contributed by atoms with Crippen LogP contribution in [0.1, 0.15) is 72.6 Å². The SMILES string of the molecule is CC(=O)N1[C@H](COCc2ccccc2)CN(C(=O)OC(C)(C)C)C[C@H]1c1cc(Cl)nc(B2OC(C)(C)C(C)(C)O2)c1. The number of ether oxygens (including phenoxy) is 2. The molecule has 222 valence electrons. The second kappa shape index (κ2) is 11.9. The van der Waals surface area contributed by atoms with E-state index in [4.69, 9.17) is 30.4 Å². The fourth-order valence-electron chi connectivity index (χ4n) is 5.02. The molecule has 0 aliphatic carbocycles. The molecule has 0 saturated carbocycles. The molecule has 11 heteroatoms. The van der Waals surface area contributed by atoms with Gasteiger partial charge < -0.3 is 28.6 Å². The highest BCUT2D eigenvalue weighted by atomic mass is 35.5. The van der Waals surface area contributed by atoms with E-state index in [9.17, 15) is 9.59 Å². The summed E-state index contributed by atoms with van der Waals surface area (Å²) >= 11 is 6.54. The zero-order chi connectivity index (χ0) is 30.2. The van der Waals surface area contributed by atoms with Crippen molar-refractivity contribution in [2.75, 3.05) is 19.7 Å². The molecule has 0 radical (unpaired) electrons. The fourth-order valence-corrected chi connectivity index (χ4v) is 5.24. The van der Waals surface area contributed by atoms with Crippen molar-refractivity contribution < 1.29 is 28.4 Å². The molecule has 0 N–H and O–H groups in total. The number of carbonyl (C=O) groups excluding carboxylic acids is 2. The van der Waals surface area contributed by atoms with Crippen molar-refractivity contribution in [3.8, 4) is 0 Å². The molecule has 0 unspecified atom stereocenters. The highest BCUT2D eigenvalue weighted by Crippen LogP contribution is 2.37. The predicted octanol–water partition coefficient (Wildman–Crippen LogP) is 4.76. The summed E-state index contributed by atoms with van der Waals surface area (Å²) in [6.45, 7) is 16.0. The Kier molecular flexibility index (Phi) is 9.09. The van der Waals surface area contributed by atoms with Crippen LogP contribution in [0.3, 0.4) is 0 Å². The first-order chi connectivity index (χ1) is 19.1. The lowest BCUT2D eigenvalue weighted by atomic mass is 9.82. The predicted molar refractivity (Wildman–Crippen MR) is 158 cm³/mol. The van der Waals surface area contributed by atoms with Crippen LogP contribution in [0, 0.1) is 0 Å². The summed E-state index contributed by atoms with van der Waals surface area (Å²) in [4.78, 5) is 34.3. The molecule has 1 aromatic heterocycles. The van der Waals surface area contributed by atoms with E-state index in [1.54, 1.807) is 15.9 Å². The van der Waals surface area contributed by atoms with Gasteiger partial charge in [0.25, 0.3) is 0 Å². The topological polar surface area (TPSA) is 90.4 Å². The minimum Gasteiger partial charge on any atom is -0.444 e. The summed E-state index contributed by atoms with van der Waals surface area (Å²) in [6.07, 6.45) is -0.454. The van der Waals surface area contributed by atoms with Gasteiger partial charge in [-0.2, -0.15) is 0 Å². The molecule has 41 heavy (non-hydrogen) atoms. The summed E-state index contributed by atoms with van der Waals surface area (Å²) in [7, 11) is -0.737. The minimum atomic E-state index is -0.737. The minimum absolute atomic E-state index is 0.141. The van der Waals surface area contributed by atoms with E-state index < -0.39 is 42.1 Å².